The zero-order chi connectivity index (χ0) is 24.4. The van der Waals surface area contributed by atoms with Crippen LogP contribution in [0, 0.1) is 12.8 Å². The minimum Gasteiger partial charge on any atom is -0.367 e. The molecule has 9 heteroatoms. The SMILES string of the molecule is CCCCCc1cc(NC(=O)C2CC(Nc3nccc4ccc(-c5noc(C)n5)cc34)C2)nn1C. The molecule has 0 saturated heterocycles. The zero-order valence-electron chi connectivity index (χ0n) is 20.4. The Kier molecular flexibility index (Phi) is 6.48. The lowest BCUT2D eigenvalue weighted by atomic mass is 9.79. The van der Waals surface area contributed by atoms with Crippen LogP contribution in [0.5, 0.6) is 0 Å². The van der Waals surface area contributed by atoms with Gasteiger partial charge in [0.15, 0.2) is 5.82 Å². The molecule has 1 aliphatic rings. The molecule has 1 amide bonds. The summed E-state index contributed by atoms with van der Waals surface area (Å²) in [5, 5.41) is 17.1. The van der Waals surface area contributed by atoms with Gasteiger partial charge in [0, 0.05) is 54.8 Å². The second-order valence-electron chi connectivity index (χ2n) is 9.33. The molecule has 3 aromatic heterocycles. The number of fused-ring (bicyclic) bond motifs is 1. The lowest BCUT2D eigenvalue weighted by Gasteiger charge is -2.35. The Hall–Kier alpha value is -3.75. The fraction of sp³-hybridized carbons (Fsp3) is 0.423. The predicted molar refractivity (Wildman–Crippen MR) is 135 cm³/mol. The Morgan fingerprint density at radius 1 is 1.20 bits per heavy atom. The highest BCUT2D eigenvalue weighted by molar-refractivity contribution is 5.95. The Labute approximate surface area is 204 Å². The molecule has 0 radical (unpaired) electrons. The summed E-state index contributed by atoms with van der Waals surface area (Å²) in [7, 11) is 1.93. The Balaban J connectivity index is 1.20. The van der Waals surface area contributed by atoms with E-state index in [1.807, 2.05) is 42.1 Å². The summed E-state index contributed by atoms with van der Waals surface area (Å²) in [6.07, 6.45) is 7.81. The summed E-state index contributed by atoms with van der Waals surface area (Å²) in [5.74, 6) is 2.52. The molecule has 3 heterocycles. The van der Waals surface area contributed by atoms with Gasteiger partial charge in [0.05, 0.1) is 0 Å². The van der Waals surface area contributed by atoms with Crippen LogP contribution in [0.3, 0.4) is 0 Å². The normalized spacial score (nSPS) is 17.3. The van der Waals surface area contributed by atoms with Crippen LogP contribution in [0.1, 0.15) is 50.6 Å². The molecular formula is C26H31N7O2. The molecule has 0 unspecified atom stereocenters. The molecule has 2 N–H and O–H groups in total. The molecule has 0 aliphatic heterocycles. The first-order valence-electron chi connectivity index (χ1n) is 12.3. The van der Waals surface area contributed by atoms with Gasteiger partial charge in [-0.05, 0) is 43.2 Å². The van der Waals surface area contributed by atoms with E-state index in [1.165, 1.54) is 12.8 Å². The average Bonchev–Trinajstić information content (AvgIpc) is 3.40. The highest BCUT2D eigenvalue weighted by Gasteiger charge is 2.35. The summed E-state index contributed by atoms with van der Waals surface area (Å²) in [6, 6.07) is 10.2. The highest BCUT2D eigenvalue weighted by atomic mass is 16.5. The first-order chi connectivity index (χ1) is 17.0. The number of carbonyl (C=O) groups is 1. The van der Waals surface area contributed by atoms with Crippen LogP contribution in [-0.2, 0) is 18.3 Å². The van der Waals surface area contributed by atoms with Crippen molar-refractivity contribution in [1.82, 2.24) is 24.9 Å². The molecule has 0 atom stereocenters. The minimum atomic E-state index is -0.0362. The molecule has 0 bridgehead atoms. The maximum Gasteiger partial charge on any atom is 0.228 e. The number of amides is 1. The summed E-state index contributed by atoms with van der Waals surface area (Å²) in [5.41, 5.74) is 2.03. The van der Waals surface area contributed by atoms with Crippen LogP contribution in [0.25, 0.3) is 22.2 Å². The predicted octanol–water partition coefficient (Wildman–Crippen LogP) is 4.89. The number of nitrogens with one attached hydrogen (secondary N) is 2. The zero-order valence-corrected chi connectivity index (χ0v) is 20.4. The number of unbranched alkanes of at least 4 members (excludes halogenated alkanes) is 2. The third kappa shape index (κ3) is 5.03. The quantitative estimate of drug-likeness (QED) is 0.333. The molecule has 9 nitrogen and oxygen atoms in total. The highest BCUT2D eigenvalue weighted by Crippen LogP contribution is 2.33. The Morgan fingerprint density at radius 2 is 2.06 bits per heavy atom. The van der Waals surface area contributed by atoms with E-state index in [4.69, 9.17) is 4.52 Å². The summed E-state index contributed by atoms with van der Waals surface area (Å²) < 4.78 is 6.99. The molecule has 1 fully saturated rings. The maximum absolute atomic E-state index is 12.8. The van der Waals surface area contributed by atoms with E-state index >= 15 is 0 Å². The van der Waals surface area contributed by atoms with Crippen LogP contribution >= 0.6 is 0 Å². The topological polar surface area (TPSA) is 111 Å². The van der Waals surface area contributed by atoms with Gasteiger partial charge in [-0.1, -0.05) is 37.1 Å². The number of benzene rings is 1. The number of nitrogens with zero attached hydrogens (tertiary/aromatic N) is 5. The van der Waals surface area contributed by atoms with E-state index in [-0.39, 0.29) is 17.9 Å². The van der Waals surface area contributed by atoms with Crippen molar-refractivity contribution in [2.24, 2.45) is 13.0 Å². The van der Waals surface area contributed by atoms with E-state index in [9.17, 15) is 4.79 Å². The van der Waals surface area contributed by atoms with Gasteiger partial charge in [-0.2, -0.15) is 10.1 Å². The van der Waals surface area contributed by atoms with Crippen LogP contribution < -0.4 is 10.6 Å². The van der Waals surface area contributed by atoms with Crippen molar-refractivity contribution in [3.05, 3.63) is 48.1 Å². The van der Waals surface area contributed by atoms with Crippen molar-refractivity contribution in [2.75, 3.05) is 10.6 Å². The Bertz CT molecular complexity index is 1340. The molecule has 182 valence electrons. The number of anilines is 2. The Morgan fingerprint density at radius 3 is 2.83 bits per heavy atom. The van der Waals surface area contributed by atoms with Gasteiger partial charge in [0.1, 0.15) is 5.82 Å². The minimum absolute atomic E-state index is 0.0295. The van der Waals surface area contributed by atoms with Gasteiger partial charge in [-0.25, -0.2) is 4.98 Å². The molecule has 0 spiro atoms. The van der Waals surface area contributed by atoms with Crippen molar-refractivity contribution in [1.29, 1.82) is 0 Å². The van der Waals surface area contributed by atoms with Crippen molar-refractivity contribution in [3.8, 4) is 11.4 Å². The third-order valence-corrected chi connectivity index (χ3v) is 6.67. The summed E-state index contributed by atoms with van der Waals surface area (Å²) >= 11 is 0. The smallest absolute Gasteiger partial charge is 0.228 e. The summed E-state index contributed by atoms with van der Waals surface area (Å²) in [6.45, 7) is 3.97. The number of carbonyl (C=O) groups excluding carboxylic acids is 1. The molecule has 35 heavy (non-hydrogen) atoms. The van der Waals surface area contributed by atoms with Crippen molar-refractivity contribution < 1.29 is 9.32 Å². The molecule has 1 saturated carbocycles. The summed E-state index contributed by atoms with van der Waals surface area (Å²) in [4.78, 5) is 21.6. The lowest BCUT2D eigenvalue weighted by molar-refractivity contribution is -0.122. The van der Waals surface area contributed by atoms with E-state index in [2.05, 4.69) is 37.8 Å². The van der Waals surface area contributed by atoms with Crippen LogP contribution in [0.4, 0.5) is 11.6 Å². The van der Waals surface area contributed by atoms with Gasteiger partial charge < -0.3 is 15.2 Å². The molecule has 4 aromatic rings. The fourth-order valence-electron chi connectivity index (χ4n) is 4.57. The number of aromatic nitrogens is 5. The second kappa shape index (κ2) is 9.85. The molecule has 1 aromatic carbocycles. The van der Waals surface area contributed by atoms with Crippen LogP contribution in [-0.4, -0.2) is 36.9 Å². The van der Waals surface area contributed by atoms with E-state index in [1.54, 1.807) is 13.1 Å². The number of pyridine rings is 1. The van der Waals surface area contributed by atoms with Crippen LogP contribution in [0.15, 0.2) is 41.1 Å². The number of aryl methyl sites for hydroxylation is 3. The largest absolute Gasteiger partial charge is 0.367 e. The van der Waals surface area contributed by atoms with Crippen molar-refractivity contribution >= 4 is 28.3 Å². The van der Waals surface area contributed by atoms with Gasteiger partial charge >= 0.3 is 0 Å². The monoisotopic (exact) mass is 473 g/mol. The van der Waals surface area contributed by atoms with Gasteiger partial charge in [0.2, 0.25) is 17.6 Å². The van der Waals surface area contributed by atoms with Gasteiger partial charge in [-0.3, -0.25) is 9.48 Å². The van der Waals surface area contributed by atoms with E-state index < -0.39 is 0 Å². The average molecular weight is 474 g/mol. The van der Waals surface area contributed by atoms with Crippen LogP contribution in [0.2, 0.25) is 0 Å². The molecular weight excluding hydrogens is 442 g/mol. The lowest BCUT2D eigenvalue weighted by Crippen LogP contribution is -2.42. The second-order valence-corrected chi connectivity index (χ2v) is 9.33. The fourth-order valence-corrected chi connectivity index (χ4v) is 4.57. The van der Waals surface area contributed by atoms with Crippen molar-refractivity contribution in [3.63, 3.8) is 0 Å². The number of hydrogen-bond donors (Lipinski definition) is 2. The van der Waals surface area contributed by atoms with E-state index in [0.29, 0.717) is 17.5 Å². The standard InChI is InChI=1S/C26H31N7O2/c1-4-5-6-7-21-15-23(31-33(21)3)30-26(34)19-12-20(13-19)29-25-22-14-18(24-28-16(2)35-32-24)9-8-17(22)10-11-27-25/h8-11,14-15,19-20H,4-7,12-13H2,1-3H3,(H,27,29)(H,30,31,34). The molecule has 5 rings (SSSR count). The number of hydrogen-bond acceptors (Lipinski definition) is 7. The van der Waals surface area contributed by atoms with E-state index in [0.717, 1.165) is 53.5 Å². The first-order valence-corrected chi connectivity index (χ1v) is 12.3. The first kappa shape index (κ1) is 23.0. The van der Waals surface area contributed by atoms with Gasteiger partial charge in [-0.15, -0.1) is 0 Å². The van der Waals surface area contributed by atoms with Gasteiger partial charge in [0.25, 0.3) is 0 Å². The van der Waals surface area contributed by atoms with Crippen molar-refractivity contribution in [2.45, 2.75) is 58.4 Å². The molecule has 1 aliphatic carbocycles. The maximum atomic E-state index is 12.8. The number of rotatable bonds is 9. The third-order valence-electron chi connectivity index (χ3n) is 6.67.